The molecular formula is C24H38O9S. The number of carboxylic acid groups (broad SMARTS) is 1. The van der Waals surface area contributed by atoms with Crippen LogP contribution in [0, 0.1) is 10.8 Å². The van der Waals surface area contributed by atoms with Crippen LogP contribution in [0.5, 0.6) is 0 Å². The van der Waals surface area contributed by atoms with Crippen LogP contribution in [0.2, 0.25) is 0 Å². The summed E-state index contributed by atoms with van der Waals surface area (Å²) in [5.41, 5.74) is -0.608. The molecule has 9 nitrogen and oxygen atoms in total. The molecule has 1 rings (SSSR count). The minimum atomic E-state index is -3.72. The lowest BCUT2D eigenvalue weighted by atomic mass is 9.78. The van der Waals surface area contributed by atoms with Gasteiger partial charge in [-0.2, -0.15) is 0 Å². The molecule has 0 radical (unpaired) electrons. The van der Waals surface area contributed by atoms with Crippen LogP contribution in [0.25, 0.3) is 0 Å². The lowest BCUT2D eigenvalue weighted by Gasteiger charge is -2.31. The van der Waals surface area contributed by atoms with E-state index in [9.17, 15) is 27.9 Å². The van der Waals surface area contributed by atoms with Crippen LogP contribution >= 0.6 is 0 Å². The molecule has 0 aliphatic heterocycles. The van der Waals surface area contributed by atoms with Crippen molar-refractivity contribution in [3.8, 4) is 0 Å². The first-order chi connectivity index (χ1) is 15.7. The van der Waals surface area contributed by atoms with Crippen molar-refractivity contribution in [2.75, 3.05) is 37.9 Å². The molecule has 0 aromatic heterocycles. The molecule has 0 bridgehead atoms. The van der Waals surface area contributed by atoms with E-state index in [0.29, 0.717) is 25.0 Å². The lowest BCUT2D eigenvalue weighted by Crippen LogP contribution is -2.38. The average Bonchev–Trinajstić information content (AvgIpc) is 2.71. The summed E-state index contributed by atoms with van der Waals surface area (Å²) in [5, 5.41) is 9.95. The molecular weight excluding hydrogens is 464 g/mol. The molecule has 1 unspecified atom stereocenters. The van der Waals surface area contributed by atoms with Gasteiger partial charge in [-0.3, -0.25) is 14.4 Å². The molecule has 0 amide bonds. The van der Waals surface area contributed by atoms with Gasteiger partial charge in [0.15, 0.2) is 9.84 Å². The SMILES string of the molecule is CCOC(=O)CCC1=CC(C(C)(COCC(C)(C)CS(=O)(=O)CC(=O)OCC)C(=O)O)=CCC1. The Morgan fingerprint density at radius 3 is 2.24 bits per heavy atom. The maximum Gasteiger partial charge on any atom is 0.321 e. The number of esters is 2. The molecule has 0 spiro atoms. The van der Waals surface area contributed by atoms with Gasteiger partial charge in [0, 0.05) is 11.8 Å². The Morgan fingerprint density at radius 2 is 1.65 bits per heavy atom. The van der Waals surface area contributed by atoms with Crippen molar-refractivity contribution in [3.05, 3.63) is 23.3 Å². The minimum absolute atomic E-state index is 0.00929. The van der Waals surface area contributed by atoms with Crippen LogP contribution < -0.4 is 0 Å². The zero-order valence-electron chi connectivity index (χ0n) is 20.8. The summed E-state index contributed by atoms with van der Waals surface area (Å²) >= 11 is 0. The summed E-state index contributed by atoms with van der Waals surface area (Å²) < 4.78 is 40.1. The van der Waals surface area contributed by atoms with Gasteiger partial charge in [0.05, 0.1) is 32.2 Å². The molecule has 0 heterocycles. The highest BCUT2D eigenvalue weighted by Crippen LogP contribution is 2.35. The first-order valence-corrected chi connectivity index (χ1v) is 13.3. The largest absolute Gasteiger partial charge is 0.481 e. The van der Waals surface area contributed by atoms with E-state index in [4.69, 9.17) is 14.2 Å². The van der Waals surface area contributed by atoms with Gasteiger partial charge < -0.3 is 19.3 Å². The molecule has 1 atom stereocenters. The summed E-state index contributed by atoms with van der Waals surface area (Å²) in [4.78, 5) is 35.4. The molecule has 0 saturated heterocycles. The van der Waals surface area contributed by atoms with Crippen molar-refractivity contribution in [1.82, 2.24) is 0 Å². The number of sulfone groups is 1. The Bertz CT molecular complexity index is 899. The summed E-state index contributed by atoms with van der Waals surface area (Å²) in [6.07, 6.45) is 5.81. The number of aliphatic carboxylic acids is 1. The van der Waals surface area contributed by atoms with Crippen LogP contribution in [0.1, 0.15) is 60.3 Å². The Morgan fingerprint density at radius 1 is 1.03 bits per heavy atom. The average molecular weight is 503 g/mol. The Hall–Kier alpha value is -2.20. The van der Waals surface area contributed by atoms with E-state index in [1.807, 2.05) is 12.2 Å². The molecule has 0 aromatic rings. The summed E-state index contributed by atoms with van der Waals surface area (Å²) in [7, 11) is -3.72. The molecule has 10 heteroatoms. The van der Waals surface area contributed by atoms with Gasteiger partial charge in [0.25, 0.3) is 0 Å². The molecule has 1 aliphatic rings. The van der Waals surface area contributed by atoms with Gasteiger partial charge in [-0.1, -0.05) is 31.6 Å². The van der Waals surface area contributed by atoms with Crippen molar-refractivity contribution >= 4 is 27.7 Å². The topological polar surface area (TPSA) is 133 Å². The molecule has 34 heavy (non-hydrogen) atoms. The zero-order valence-corrected chi connectivity index (χ0v) is 21.7. The van der Waals surface area contributed by atoms with E-state index in [0.717, 1.165) is 12.0 Å². The van der Waals surface area contributed by atoms with Crippen molar-refractivity contribution in [1.29, 1.82) is 0 Å². The Kier molecular flexibility index (Phi) is 11.4. The Labute approximate surface area is 202 Å². The molecule has 194 valence electrons. The number of rotatable bonds is 15. The fraction of sp³-hybridized carbons (Fsp3) is 0.708. The number of allylic oxidation sites excluding steroid dienone is 3. The second-order valence-electron chi connectivity index (χ2n) is 9.44. The highest BCUT2D eigenvalue weighted by atomic mass is 32.2. The van der Waals surface area contributed by atoms with Gasteiger partial charge in [0.2, 0.25) is 0 Å². The molecule has 0 aromatic carbocycles. The number of hydrogen-bond acceptors (Lipinski definition) is 8. The van der Waals surface area contributed by atoms with Gasteiger partial charge in [0.1, 0.15) is 11.2 Å². The van der Waals surface area contributed by atoms with E-state index < -0.39 is 38.4 Å². The van der Waals surface area contributed by atoms with E-state index in [1.165, 1.54) is 0 Å². The van der Waals surface area contributed by atoms with Crippen LogP contribution in [0.15, 0.2) is 23.3 Å². The van der Waals surface area contributed by atoms with Crippen molar-refractivity contribution < 1.29 is 42.1 Å². The third kappa shape index (κ3) is 9.97. The molecule has 0 saturated carbocycles. The van der Waals surface area contributed by atoms with Crippen molar-refractivity contribution in [2.24, 2.45) is 10.8 Å². The van der Waals surface area contributed by atoms with Gasteiger partial charge in [-0.15, -0.1) is 0 Å². The summed E-state index contributed by atoms with van der Waals surface area (Å²) in [5.74, 6) is -3.15. The van der Waals surface area contributed by atoms with Crippen LogP contribution in [-0.2, 0) is 38.4 Å². The van der Waals surface area contributed by atoms with Crippen LogP contribution in [0.4, 0.5) is 0 Å². The van der Waals surface area contributed by atoms with Gasteiger partial charge in [-0.05, 0) is 45.6 Å². The smallest absolute Gasteiger partial charge is 0.321 e. The predicted molar refractivity (Wildman–Crippen MR) is 127 cm³/mol. The third-order valence-corrected chi connectivity index (χ3v) is 7.29. The van der Waals surface area contributed by atoms with E-state index in [2.05, 4.69) is 0 Å². The quantitative estimate of drug-likeness (QED) is 0.335. The molecule has 1 aliphatic carbocycles. The fourth-order valence-corrected chi connectivity index (χ4v) is 5.53. The number of carbonyl (C=O) groups excluding carboxylic acids is 2. The van der Waals surface area contributed by atoms with Crippen molar-refractivity contribution in [2.45, 2.75) is 60.3 Å². The first-order valence-electron chi connectivity index (χ1n) is 11.5. The third-order valence-electron chi connectivity index (χ3n) is 5.39. The standard InChI is InChI=1S/C24H38O9S/c1-6-32-20(25)12-11-18-9-8-10-19(13-18)24(5,22(27)28)16-31-15-23(3,4)17-34(29,30)14-21(26)33-7-2/h10,13H,6-9,11-12,14-17H2,1-5H3,(H,27,28). The predicted octanol–water partition coefficient (Wildman–Crippen LogP) is 3.09. The van der Waals surface area contributed by atoms with E-state index in [1.54, 1.807) is 34.6 Å². The second kappa shape index (κ2) is 13.0. The molecule has 0 fully saturated rings. The van der Waals surface area contributed by atoms with Crippen LogP contribution in [-0.4, -0.2) is 69.4 Å². The monoisotopic (exact) mass is 502 g/mol. The van der Waals surface area contributed by atoms with Gasteiger partial charge >= 0.3 is 17.9 Å². The number of hydrogen-bond donors (Lipinski definition) is 1. The normalized spacial score (nSPS) is 16.1. The lowest BCUT2D eigenvalue weighted by molar-refractivity contribution is -0.149. The van der Waals surface area contributed by atoms with Gasteiger partial charge in [-0.25, -0.2) is 8.42 Å². The number of carbonyl (C=O) groups is 3. The molecule has 1 N–H and O–H groups in total. The minimum Gasteiger partial charge on any atom is -0.481 e. The first kappa shape index (κ1) is 29.8. The summed E-state index contributed by atoms with van der Waals surface area (Å²) in [6, 6.07) is 0. The second-order valence-corrected chi connectivity index (χ2v) is 11.5. The number of ether oxygens (including phenoxy) is 3. The van der Waals surface area contributed by atoms with Crippen molar-refractivity contribution in [3.63, 3.8) is 0 Å². The fourth-order valence-electron chi connectivity index (χ4n) is 3.71. The van der Waals surface area contributed by atoms with E-state index >= 15 is 0 Å². The maximum absolute atomic E-state index is 12.3. The zero-order chi connectivity index (χ0) is 26.0. The highest BCUT2D eigenvalue weighted by molar-refractivity contribution is 7.92. The Balaban J connectivity index is 2.80. The van der Waals surface area contributed by atoms with Crippen LogP contribution in [0.3, 0.4) is 0 Å². The summed E-state index contributed by atoms with van der Waals surface area (Å²) in [6.45, 7) is 8.53. The number of carboxylic acids is 1. The highest BCUT2D eigenvalue weighted by Gasteiger charge is 2.38. The maximum atomic E-state index is 12.3. The van der Waals surface area contributed by atoms with E-state index in [-0.39, 0.29) is 38.0 Å².